The average Bonchev–Trinajstić information content (AvgIpc) is 3.62. The fraction of sp³-hybridized carbons (Fsp3) is 0.250. The monoisotopic (exact) mass is 610 g/mol. The Morgan fingerprint density at radius 3 is 2.51 bits per heavy atom. The number of hydrogen-bond donors (Lipinski definition) is 1. The van der Waals surface area contributed by atoms with Crippen LogP contribution in [0.4, 0.5) is 19.0 Å². The van der Waals surface area contributed by atoms with Crippen molar-refractivity contribution >= 4 is 27.4 Å². The number of piperidine rings is 1. The highest BCUT2D eigenvalue weighted by atomic mass is 32.2. The highest BCUT2D eigenvalue weighted by molar-refractivity contribution is 7.89. The first-order valence-corrected chi connectivity index (χ1v) is 14.8. The van der Waals surface area contributed by atoms with Gasteiger partial charge in [-0.05, 0) is 50.1 Å². The van der Waals surface area contributed by atoms with Crippen molar-refractivity contribution in [1.29, 1.82) is 0 Å². The number of aryl methyl sites for hydroxylation is 1. The SMILES string of the molecule is Cc1ccc(-n2nc(C3CCN(S(=O)(=O)c4cccc(C(F)(F)F)n4)CC3)cc2NC(=O)c2cnn3cccnc23)cc1. The minimum atomic E-state index is -4.76. The predicted molar refractivity (Wildman–Crippen MR) is 149 cm³/mol. The molecule has 1 N–H and O–H groups in total. The van der Waals surface area contributed by atoms with Gasteiger partial charge in [0.05, 0.1) is 17.6 Å². The lowest BCUT2D eigenvalue weighted by molar-refractivity contribution is -0.141. The molecule has 1 amide bonds. The number of amides is 1. The maximum Gasteiger partial charge on any atom is 0.433 e. The number of hydrogen-bond acceptors (Lipinski definition) is 7. The van der Waals surface area contributed by atoms with Crippen molar-refractivity contribution in [2.24, 2.45) is 0 Å². The first-order valence-electron chi connectivity index (χ1n) is 13.3. The molecule has 5 aromatic rings. The lowest BCUT2D eigenvalue weighted by Gasteiger charge is -2.30. The number of benzene rings is 1. The minimum absolute atomic E-state index is 0.0675. The van der Waals surface area contributed by atoms with Crippen LogP contribution in [0.2, 0.25) is 0 Å². The van der Waals surface area contributed by atoms with Crippen molar-refractivity contribution in [2.75, 3.05) is 18.4 Å². The van der Waals surface area contributed by atoms with Gasteiger partial charge in [-0.1, -0.05) is 23.8 Å². The van der Waals surface area contributed by atoms with E-state index in [2.05, 4.69) is 20.4 Å². The van der Waals surface area contributed by atoms with E-state index in [1.165, 1.54) is 10.7 Å². The van der Waals surface area contributed by atoms with Crippen molar-refractivity contribution in [3.8, 4) is 5.69 Å². The lowest BCUT2D eigenvalue weighted by Crippen LogP contribution is -2.38. The number of carbonyl (C=O) groups is 1. The third kappa shape index (κ3) is 5.60. The van der Waals surface area contributed by atoms with Gasteiger partial charge in [0.25, 0.3) is 15.9 Å². The maximum atomic E-state index is 13.3. The van der Waals surface area contributed by atoms with Gasteiger partial charge in [-0.3, -0.25) is 4.79 Å². The molecule has 0 bridgehead atoms. The van der Waals surface area contributed by atoms with Crippen molar-refractivity contribution < 1.29 is 26.4 Å². The Morgan fingerprint density at radius 2 is 1.79 bits per heavy atom. The maximum absolute atomic E-state index is 13.3. The summed E-state index contributed by atoms with van der Waals surface area (Å²) in [5, 5.41) is 11.2. The highest BCUT2D eigenvalue weighted by Crippen LogP contribution is 2.33. The van der Waals surface area contributed by atoms with E-state index in [9.17, 15) is 26.4 Å². The van der Waals surface area contributed by atoms with Crippen LogP contribution in [-0.4, -0.2) is 61.1 Å². The molecule has 4 aromatic heterocycles. The van der Waals surface area contributed by atoms with Crippen LogP contribution in [0.25, 0.3) is 11.3 Å². The number of sulfonamides is 1. The normalized spacial score (nSPS) is 15.2. The zero-order valence-corrected chi connectivity index (χ0v) is 23.5. The van der Waals surface area contributed by atoms with E-state index >= 15 is 0 Å². The molecule has 222 valence electrons. The summed E-state index contributed by atoms with van der Waals surface area (Å²) in [5.74, 6) is -0.188. The third-order valence-corrected chi connectivity index (χ3v) is 9.06. The second-order valence-electron chi connectivity index (χ2n) is 10.1. The second-order valence-corrected chi connectivity index (χ2v) is 12.0. The molecule has 0 saturated carbocycles. The number of carbonyl (C=O) groups excluding carboxylic acids is 1. The summed E-state index contributed by atoms with van der Waals surface area (Å²) >= 11 is 0. The van der Waals surface area contributed by atoms with Gasteiger partial charge < -0.3 is 5.32 Å². The van der Waals surface area contributed by atoms with E-state index < -0.39 is 32.8 Å². The molecule has 0 spiro atoms. The summed E-state index contributed by atoms with van der Waals surface area (Å²) in [7, 11) is -4.23. The van der Waals surface area contributed by atoms with Gasteiger partial charge in [0.15, 0.2) is 10.7 Å². The average molecular weight is 611 g/mol. The number of fused-ring (bicyclic) bond motifs is 1. The number of rotatable bonds is 6. The zero-order chi connectivity index (χ0) is 30.4. The Balaban J connectivity index is 1.25. The van der Waals surface area contributed by atoms with Crippen LogP contribution < -0.4 is 5.32 Å². The molecule has 1 saturated heterocycles. The number of aromatic nitrogens is 6. The Bertz CT molecular complexity index is 1910. The lowest BCUT2D eigenvalue weighted by atomic mass is 9.95. The summed E-state index contributed by atoms with van der Waals surface area (Å²) in [6, 6.07) is 13.9. The number of alkyl halides is 3. The van der Waals surface area contributed by atoms with Crippen molar-refractivity contribution in [2.45, 2.75) is 36.9 Å². The quantitative estimate of drug-likeness (QED) is 0.301. The van der Waals surface area contributed by atoms with Gasteiger partial charge in [0.1, 0.15) is 17.1 Å². The molecule has 0 radical (unpaired) electrons. The van der Waals surface area contributed by atoms with Crippen molar-refractivity contribution in [3.05, 3.63) is 95.7 Å². The molecule has 1 fully saturated rings. The minimum Gasteiger partial charge on any atom is -0.306 e. The fourth-order valence-electron chi connectivity index (χ4n) is 4.98. The van der Waals surface area contributed by atoms with Crippen LogP contribution in [-0.2, 0) is 16.2 Å². The Morgan fingerprint density at radius 1 is 1.05 bits per heavy atom. The van der Waals surface area contributed by atoms with E-state index in [4.69, 9.17) is 5.10 Å². The molecule has 1 aliphatic rings. The standard InChI is InChI=1S/C28H25F3N8O3S/c1-18-6-8-20(9-7-18)39-24(35-27(40)21-17-33-38-13-3-12-32-26(21)38)16-22(36-39)19-10-14-37(15-11-19)43(41,42)25-5-2-4-23(34-25)28(29,30)31/h2-9,12-13,16-17,19H,10-11,14-15H2,1H3,(H,35,40). The van der Waals surface area contributed by atoms with Gasteiger partial charge in [-0.25, -0.2) is 27.6 Å². The summed E-state index contributed by atoms with van der Waals surface area (Å²) in [4.78, 5) is 20.9. The van der Waals surface area contributed by atoms with Crippen LogP contribution in [0.15, 0.2) is 78.2 Å². The van der Waals surface area contributed by atoms with Gasteiger partial charge in [0.2, 0.25) is 0 Å². The van der Waals surface area contributed by atoms with Crippen molar-refractivity contribution in [3.63, 3.8) is 0 Å². The Hall–Kier alpha value is -4.63. The number of anilines is 1. The van der Waals surface area contributed by atoms with E-state index in [0.29, 0.717) is 35.7 Å². The Kier molecular flexibility index (Phi) is 7.22. The highest BCUT2D eigenvalue weighted by Gasteiger charge is 2.36. The van der Waals surface area contributed by atoms with Crippen LogP contribution in [0.5, 0.6) is 0 Å². The number of nitrogens with one attached hydrogen (secondary N) is 1. The molecule has 15 heteroatoms. The van der Waals surface area contributed by atoms with Crippen molar-refractivity contribution in [1.82, 2.24) is 33.7 Å². The smallest absolute Gasteiger partial charge is 0.306 e. The van der Waals surface area contributed by atoms with E-state index in [0.717, 1.165) is 28.1 Å². The molecule has 1 aliphatic heterocycles. The van der Waals surface area contributed by atoms with Crippen LogP contribution in [0.1, 0.15) is 46.1 Å². The Labute approximate surface area is 244 Å². The third-order valence-electron chi connectivity index (χ3n) is 7.26. The fourth-order valence-corrected chi connectivity index (χ4v) is 6.40. The van der Waals surface area contributed by atoms with Gasteiger partial charge >= 0.3 is 6.18 Å². The zero-order valence-electron chi connectivity index (χ0n) is 22.7. The van der Waals surface area contributed by atoms with E-state index in [1.54, 1.807) is 29.2 Å². The number of halogens is 3. The van der Waals surface area contributed by atoms with Gasteiger partial charge in [0, 0.05) is 37.5 Å². The molecule has 1 aromatic carbocycles. The topological polar surface area (TPSA) is 127 Å². The van der Waals surface area contributed by atoms with Crippen LogP contribution >= 0.6 is 0 Å². The summed E-state index contributed by atoms with van der Waals surface area (Å²) in [6.45, 7) is 2.09. The number of nitrogens with zero attached hydrogens (tertiary/aromatic N) is 7. The van der Waals surface area contributed by atoms with Crippen LogP contribution in [0, 0.1) is 6.92 Å². The molecule has 11 nitrogen and oxygen atoms in total. The molecule has 0 unspecified atom stereocenters. The van der Waals surface area contributed by atoms with Crippen LogP contribution in [0.3, 0.4) is 0 Å². The molecule has 0 atom stereocenters. The summed E-state index contributed by atoms with van der Waals surface area (Å²) < 4.78 is 69.9. The molecule has 6 rings (SSSR count). The van der Waals surface area contributed by atoms with E-state index in [1.807, 2.05) is 31.2 Å². The molecular weight excluding hydrogens is 585 g/mol. The number of pyridine rings is 1. The predicted octanol–water partition coefficient (Wildman–Crippen LogP) is 4.46. The molecular formula is C28H25F3N8O3S. The largest absolute Gasteiger partial charge is 0.433 e. The van der Waals surface area contributed by atoms with Gasteiger partial charge in [-0.2, -0.15) is 27.7 Å². The first kappa shape index (κ1) is 28.5. The summed E-state index contributed by atoms with van der Waals surface area (Å²) in [6.07, 6.45) is 0.661. The van der Waals surface area contributed by atoms with E-state index in [-0.39, 0.29) is 24.6 Å². The molecule has 0 aliphatic carbocycles. The molecule has 43 heavy (non-hydrogen) atoms. The second kappa shape index (κ2) is 10.9. The molecule has 5 heterocycles. The first-order chi connectivity index (χ1) is 20.5. The van der Waals surface area contributed by atoms with Gasteiger partial charge in [-0.15, -0.1) is 0 Å². The summed E-state index contributed by atoms with van der Waals surface area (Å²) in [5.41, 5.74) is 1.80.